The highest BCUT2D eigenvalue weighted by Crippen LogP contribution is 2.14. The molecule has 5 heteroatoms. The number of aryl methyl sites for hydroxylation is 1. The number of ether oxygens (including phenoxy) is 1. The number of urea groups is 1. The van der Waals surface area contributed by atoms with Crippen molar-refractivity contribution in [1.29, 1.82) is 0 Å². The van der Waals surface area contributed by atoms with E-state index >= 15 is 0 Å². The Morgan fingerprint density at radius 2 is 1.84 bits per heavy atom. The van der Waals surface area contributed by atoms with Crippen LogP contribution in [-0.4, -0.2) is 31.7 Å². The van der Waals surface area contributed by atoms with Crippen molar-refractivity contribution in [3.63, 3.8) is 0 Å². The fraction of sp³-hybridized carbons (Fsp3) is 0.429. The Labute approximate surface area is 113 Å². The van der Waals surface area contributed by atoms with Crippen LogP contribution in [0.25, 0.3) is 0 Å². The largest absolute Gasteiger partial charge is 0.465 e. The normalized spacial score (nSPS) is 9.84. The van der Waals surface area contributed by atoms with Crippen molar-refractivity contribution >= 4 is 17.7 Å². The molecule has 0 spiro atoms. The van der Waals surface area contributed by atoms with E-state index in [9.17, 15) is 9.59 Å². The van der Waals surface area contributed by atoms with E-state index in [0.717, 1.165) is 11.3 Å². The molecule has 0 saturated carbocycles. The van der Waals surface area contributed by atoms with E-state index in [1.807, 2.05) is 38.1 Å². The summed E-state index contributed by atoms with van der Waals surface area (Å²) in [6.45, 7) is 6.31. The predicted octanol–water partition coefficient (Wildman–Crippen LogP) is 2.09. The van der Waals surface area contributed by atoms with Crippen LogP contribution in [0, 0.1) is 6.92 Å². The molecule has 0 aliphatic rings. The molecule has 0 aliphatic heterocycles. The first-order valence-electron chi connectivity index (χ1n) is 6.36. The molecule has 1 N–H and O–H groups in total. The summed E-state index contributed by atoms with van der Waals surface area (Å²) in [7, 11) is 0. The van der Waals surface area contributed by atoms with Crippen LogP contribution >= 0.6 is 0 Å². The maximum Gasteiger partial charge on any atom is 0.325 e. The molecule has 0 bridgehead atoms. The number of benzene rings is 1. The summed E-state index contributed by atoms with van der Waals surface area (Å²) < 4.78 is 4.75. The average molecular weight is 264 g/mol. The van der Waals surface area contributed by atoms with E-state index in [0.29, 0.717) is 13.2 Å². The third-order valence-electron chi connectivity index (χ3n) is 2.60. The van der Waals surface area contributed by atoms with Crippen molar-refractivity contribution in [3.05, 3.63) is 29.8 Å². The van der Waals surface area contributed by atoms with Gasteiger partial charge in [-0.25, -0.2) is 4.79 Å². The number of nitrogens with zero attached hydrogens (tertiary/aromatic N) is 1. The van der Waals surface area contributed by atoms with Gasteiger partial charge in [0.25, 0.3) is 0 Å². The minimum absolute atomic E-state index is 0.116. The highest BCUT2D eigenvalue weighted by Gasteiger charge is 2.14. The fourth-order valence-electron chi connectivity index (χ4n) is 1.62. The predicted molar refractivity (Wildman–Crippen MR) is 74.2 cm³/mol. The molecular formula is C14H20N2O3. The Bertz CT molecular complexity index is 429. The lowest BCUT2D eigenvalue weighted by Gasteiger charge is -2.21. The maximum absolute atomic E-state index is 12.0. The standard InChI is InChI=1S/C14H20N2O3/c1-4-16(12-8-6-11(3)7-9-12)14(18)15-10-13(17)19-5-2/h6-9H,4-5,10H2,1-3H3,(H,15,18). The van der Waals surface area contributed by atoms with E-state index in [1.54, 1.807) is 11.8 Å². The molecule has 19 heavy (non-hydrogen) atoms. The zero-order valence-corrected chi connectivity index (χ0v) is 11.6. The molecule has 1 aromatic rings. The van der Waals surface area contributed by atoms with Crippen LogP contribution in [0.5, 0.6) is 0 Å². The average Bonchev–Trinajstić information content (AvgIpc) is 2.40. The zero-order valence-electron chi connectivity index (χ0n) is 11.6. The van der Waals surface area contributed by atoms with Crippen LogP contribution in [0.3, 0.4) is 0 Å². The van der Waals surface area contributed by atoms with Crippen LogP contribution < -0.4 is 10.2 Å². The Hall–Kier alpha value is -2.04. The molecule has 0 aliphatic carbocycles. The summed E-state index contributed by atoms with van der Waals surface area (Å²) in [5.41, 5.74) is 1.93. The van der Waals surface area contributed by atoms with Crippen molar-refractivity contribution in [2.45, 2.75) is 20.8 Å². The van der Waals surface area contributed by atoms with Crippen LogP contribution in [0.4, 0.5) is 10.5 Å². The summed E-state index contributed by atoms with van der Waals surface area (Å²) >= 11 is 0. The van der Waals surface area contributed by atoms with E-state index in [4.69, 9.17) is 4.74 Å². The molecule has 104 valence electrons. The number of nitrogens with one attached hydrogen (secondary N) is 1. The third-order valence-corrected chi connectivity index (χ3v) is 2.60. The summed E-state index contributed by atoms with van der Waals surface area (Å²) in [6.07, 6.45) is 0. The van der Waals surface area contributed by atoms with E-state index in [1.165, 1.54) is 0 Å². The number of esters is 1. The van der Waals surface area contributed by atoms with Crippen LogP contribution in [0.15, 0.2) is 24.3 Å². The molecule has 2 amide bonds. The van der Waals surface area contributed by atoms with Gasteiger partial charge in [0, 0.05) is 12.2 Å². The molecule has 0 radical (unpaired) electrons. The highest BCUT2D eigenvalue weighted by molar-refractivity contribution is 5.93. The fourth-order valence-corrected chi connectivity index (χ4v) is 1.62. The number of amides is 2. The second-order valence-electron chi connectivity index (χ2n) is 4.04. The Kier molecular flexibility index (Phi) is 5.85. The highest BCUT2D eigenvalue weighted by atomic mass is 16.5. The number of rotatable bonds is 5. The molecule has 0 fully saturated rings. The summed E-state index contributed by atoms with van der Waals surface area (Å²) in [5, 5.41) is 2.54. The van der Waals surface area contributed by atoms with E-state index in [2.05, 4.69) is 5.32 Å². The smallest absolute Gasteiger partial charge is 0.325 e. The molecule has 0 unspecified atom stereocenters. The van der Waals surface area contributed by atoms with Gasteiger partial charge in [-0.05, 0) is 32.9 Å². The number of carbonyl (C=O) groups is 2. The van der Waals surface area contributed by atoms with Gasteiger partial charge in [0.15, 0.2) is 0 Å². The number of anilines is 1. The lowest BCUT2D eigenvalue weighted by atomic mass is 10.2. The second kappa shape index (κ2) is 7.41. The molecule has 1 rings (SSSR count). The molecule has 0 atom stereocenters. The van der Waals surface area contributed by atoms with Crippen molar-refractivity contribution in [3.8, 4) is 0 Å². The van der Waals surface area contributed by atoms with E-state index < -0.39 is 5.97 Å². The van der Waals surface area contributed by atoms with Gasteiger partial charge in [-0.1, -0.05) is 17.7 Å². The minimum atomic E-state index is -0.434. The lowest BCUT2D eigenvalue weighted by Crippen LogP contribution is -2.42. The van der Waals surface area contributed by atoms with Gasteiger partial charge in [0.1, 0.15) is 6.54 Å². The monoisotopic (exact) mass is 264 g/mol. The SMILES string of the molecule is CCOC(=O)CNC(=O)N(CC)c1ccc(C)cc1. The van der Waals surface area contributed by atoms with Gasteiger partial charge >= 0.3 is 12.0 Å². The van der Waals surface area contributed by atoms with Gasteiger partial charge in [0.05, 0.1) is 6.61 Å². The van der Waals surface area contributed by atoms with E-state index in [-0.39, 0.29) is 12.6 Å². The number of carbonyl (C=O) groups excluding carboxylic acids is 2. The van der Waals surface area contributed by atoms with Gasteiger partial charge in [-0.2, -0.15) is 0 Å². The molecule has 0 aromatic heterocycles. The second-order valence-corrected chi connectivity index (χ2v) is 4.04. The van der Waals surface area contributed by atoms with Crippen molar-refractivity contribution in [2.24, 2.45) is 0 Å². The number of hydrogen-bond acceptors (Lipinski definition) is 3. The topological polar surface area (TPSA) is 58.6 Å². The molecular weight excluding hydrogens is 244 g/mol. The Balaban J connectivity index is 2.61. The third kappa shape index (κ3) is 4.62. The molecule has 0 heterocycles. The number of hydrogen-bond donors (Lipinski definition) is 1. The molecule has 5 nitrogen and oxygen atoms in total. The van der Waals surface area contributed by atoms with Gasteiger partial charge in [-0.3, -0.25) is 9.69 Å². The molecule has 1 aromatic carbocycles. The quantitative estimate of drug-likeness (QED) is 0.828. The first-order chi connectivity index (χ1) is 9.08. The van der Waals surface area contributed by atoms with Crippen molar-refractivity contribution in [2.75, 3.05) is 24.6 Å². The van der Waals surface area contributed by atoms with Crippen LogP contribution in [0.1, 0.15) is 19.4 Å². The van der Waals surface area contributed by atoms with Crippen LogP contribution in [-0.2, 0) is 9.53 Å². The summed E-state index contributed by atoms with van der Waals surface area (Å²) in [5.74, 6) is -0.434. The first kappa shape index (κ1) is 15.0. The zero-order chi connectivity index (χ0) is 14.3. The Morgan fingerprint density at radius 1 is 1.21 bits per heavy atom. The van der Waals surface area contributed by atoms with Gasteiger partial charge in [-0.15, -0.1) is 0 Å². The van der Waals surface area contributed by atoms with Gasteiger partial charge in [0.2, 0.25) is 0 Å². The first-order valence-corrected chi connectivity index (χ1v) is 6.36. The maximum atomic E-state index is 12.0. The van der Waals surface area contributed by atoms with Crippen molar-refractivity contribution < 1.29 is 14.3 Å². The van der Waals surface area contributed by atoms with Crippen LogP contribution in [0.2, 0.25) is 0 Å². The Morgan fingerprint density at radius 3 is 2.37 bits per heavy atom. The van der Waals surface area contributed by atoms with Gasteiger partial charge < -0.3 is 10.1 Å². The summed E-state index contributed by atoms with van der Waals surface area (Å²) in [6, 6.07) is 7.33. The van der Waals surface area contributed by atoms with Crippen molar-refractivity contribution in [1.82, 2.24) is 5.32 Å². The minimum Gasteiger partial charge on any atom is -0.465 e. The summed E-state index contributed by atoms with van der Waals surface area (Å²) in [4.78, 5) is 24.7. The molecule has 0 saturated heterocycles. The lowest BCUT2D eigenvalue weighted by molar-refractivity contribution is -0.141.